The van der Waals surface area contributed by atoms with E-state index >= 15 is 0 Å². The molecule has 0 bridgehead atoms. The van der Waals surface area contributed by atoms with Gasteiger partial charge in [0.15, 0.2) is 18.3 Å². The van der Waals surface area contributed by atoms with Crippen molar-refractivity contribution in [3.8, 4) is 0 Å². The highest BCUT2D eigenvalue weighted by atomic mass is 16.4. The fraction of sp³-hybridized carbons (Fsp3) is 0.667. The number of aliphatic carboxylic acids is 2. The van der Waals surface area contributed by atoms with Gasteiger partial charge in [0.2, 0.25) is 0 Å². The number of carbonyl (C=O) groups is 3. The zero-order valence-corrected chi connectivity index (χ0v) is 13.2. The van der Waals surface area contributed by atoms with Crippen LogP contribution in [-0.2, 0) is 14.4 Å². The molecular weight excluding hydrogens is 344 g/mol. The molecule has 0 heterocycles. The van der Waals surface area contributed by atoms with Crippen LogP contribution in [0.2, 0.25) is 0 Å². The number of guanidine groups is 1. The molecule has 0 saturated carbocycles. The van der Waals surface area contributed by atoms with Crippen molar-refractivity contribution in [2.24, 2.45) is 22.2 Å². The van der Waals surface area contributed by atoms with E-state index in [0.717, 1.165) is 0 Å². The average molecular weight is 368 g/mol. The van der Waals surface area contributed by atoms with E-state index in [1.807, 2.05) is 0 Å². The van der Waals surface area contributed by atoms with Gasteiger partial charge in [-0.15, -0.1) is 0 Å². The van der Waals surface area contributed by atoms with Crippen LogP contribution in [0.4, 0.5) is 0 Å². The Morgan fingerprint density at radius 1 is 1.00 bits per heavy atom. The molecule has 0 aliphatic heterocycles. The second-order valence-electron chi connectivity index (χ2n) is 4.78. The van der Waals surface area contributed by atoms with Gasteiger partial charge in [0, 0.05) is 6.54 Å². The Bertz CT molecular complexity index is 456. The van der Waals surface area contributed by atoms with Crippen molar-refractivity contribution >= 4 is 24.2 Å². The van der Waals surface area contributed by atoms with Crippen LogP contribution in [0.15, 0.2) is 4.99 Å². The van der Waals surface area contributed by atoms with Crippen LogP contribution in [0.5, 0.6) is 0 Å². The first-order valence-electron chi connectivity index (χ1n) is 6.89. The number of aliphatic imine (C=N–C) groups is 1. The lowest BCUT2D eigenvalue weighted by molar-refractivity contribution is -0.163. The first-order chi connectivity index (χ1) is 11.4. The predicted octanol–water partition coefficient (Wildman–Crippen LogP) is -4.83. The maximum absolute atomic E-state index is 10.2. The van der Waals surface area contributed by atoms with Crippen LogP contribution in [0.3, 0.4) is 0 Å². The van der Waals surface area contributed by atoms with E-state index in [4.69, 9.17) is 47.8 Å². The zero-order valence-electron chi connectivity index (χ0n) is 13.2. The highest BCUT2D eigenvalue weighted by Gasteiger charge is 2.34. The second-order valence-corrected chi connectivity index (χ2v) is 4.78. The Morgan fingerprint density at radius 3 is 1.88 bits per heavy atom. The first-order valence-corrected chi connectivity index (χ1v) is 6.89. The SMILES string of the molecule is NC(N)=NCCC[C@H](N)C(=O)O.O=C[C@@H](O)[C@H](O)[C@H](O)[C@@H](O)C(=O)O. The third kappa shape index (κ3) is 11.8. The number of aliphatic hydroxyl groups is 4. The van der Waals surface area contributed by atoms with Gasteiger partial charge in [-0.1, -0.05) is 0 Å². The van der Waals surface area contributed by atoms with Crippen molar-refractivity contribution in [2.45, 2.75) is 43.3 Å². The minimum Gasteiger partial charge on any atom is -0.480 e. The third-order valence-corrected chi connectivity index (χ3v) is 2.70. The summed E-state index contributed by atoms with van der Waals surface area (Å²) in [7, 11) is 0. The van der Waals surface area contributed by atoms with Gasteiger partial charge < -0.3 is 52.6 Å². The molecule has 13 nitrogen and oxygen atoms in total. The molecule has 5 atom stereocenters. The Kier molecular flexibility index (Phi) is 13.0. The van der Waals surface area contributed by atoms with Crippen molar-refractivity contribution < 1.29 is 45.0 Å². The summed E-state index contributed by atoms with van der Waals surface area (Å²) >= 11 is 0. The van der Waals surface area contributed by atoms with Gasteiger partial charge in [-0.3, -0.25) is 9.79 Å². The van der Waals surface area contributed by atoms with E-state index < -0.39 is 42.4 Å². The van der Waals surface area contributed by atoms with Crippen LogP contribution < -0.4 is 17.2 Å². The molecule has 0 aromatic carbocycles. The maximum Gasteiger partial charge on any atom is 0.335 e. The lowest BCUT2D eigenvalue weighted by atomic mass is 10.0. The number of hydrogen-bond donors (Lipinski definition) is 9. The molecule has 0 aliphatic rings. The highest BCUT2D eigenvalue weighted by molar-refractivity contribution is 5.75. The minimum atomic E-state index is -2.25. The molecule has 0 rings (SSSR count). The third-order valence-electron chi connectivity index (χ3n) is 2.70. The summed E-state index contributed by atoms with van der Waals surface area (Å²) in [4.78, 5) is 33.9. The molecule has 12 N–H and O–H groups in total. The second kappa shape index (κ2) is 13.0. The molecule has 13 heteroatoms. The van der Waals surface area contributed by atoms with E-state index in [9.17, 15) is 14.4 Å². The highest BCUT2D eigenvalue weighted by Crippen LogP contribution is 2.03. The van der Waals surface area contributed by atoms with Gasteiger partial charge in [-0.25, -0.2) is 4.79 Å². The molecule has 0 spiro atoms. The smallest absolute Gasteiger partial charge is 0.335 e. The molecule has 0 saturated heterocycles. The normalized spacial score (nSPS) is 16.2. The number of carboxylic acids is 2. The molecule has 0 fully saturated rings. The topological polar surface area (TPSA) is 263 Å². The van der Waals surface area contributed by atoms with Crippen molar-refractivity contribution in [3.63, 3.8) is 0 Å². The quantitative estimate of drug-likeness (QED) is 0.0760. The number of hydrogen-bond acceptors (Lipinski definition) is 9. The van der Waals surface area contributed by atoms with Crippen LogP contribution >= 0.6 is 0 Å². The standard InChI is InChI=1S/C6H14N4O2.C6H10O7/c7-4(5(11)12)2-1-3-10-6(8)9;7-1-2(8)3(9)4(10)5(11)6(12)13/h4H,1-3,7H2,(H,11,12)(H4,8,9,10);1-5,8-11H,(H,12,13)/t4-;2-,3+,4+,5-/m01/s1. The van der Waals surface area contributed by atoms with Crippen LogP contribution in [0.1, 0.15) is 12.8 Å². The largest absolute Gasteiger partial charge is 0.480 e. The molecule has 0 radical (unpaired) electrons. The van der Waals surface area contributed by atoms with Gasteiger partial charge in [0.1, 0.15) is 24.4 Å². The van der Waals surface area contributed by atoms with Crippen molar-refractivity contribution in [3.05, 3.63) is 0 Å². The molecule has 0 aromatic heterocycles. The summed E-state index contributed by atoms with van der Waals surface area (Å²) in [6.45, 7) is 0.420. The zero-order chi connectivity index (χ0) is 20.2. The lowest BCUT2D eigenvalue weighted by Gasteiger charge is -2.21. The number of aliphatic hydroxyl groups excluding tert-OH is 4. The van der Waals surface area contributed by atoms with E-state index in [0.29, 0.717) is 19.4 Å². The van der Waals surface area contributed by atoms with Crippen LogP contribution in [0.25, 0.3) is 0 Å². The number of rotatable bonds is 10. The monoisotopic (exact) mass is 368 g/mol. The summed E-state index contributed by atoms with van der Waals surface area (Å²) in [5.41, 5.74) is 15.3. The Balaban J connectivity index is 0. The lowest BCUT2D eigenvalue weighted by Crippen LogP contribution is -2.48. The van der Waals surface area contributed by atoms with E-state index in [2.05, 4.69) is 4.99 Å². The average Bonchev–Trinajstić information content (AvgIpc) is 2.55. The predicted molar refractivity (Wildman–Crippen MR) is 83.2 cm³/mol. The van der Waals surface area contributed by atoms with Crippen LogP contribution in [0, 0.1) is 0 Å². The summed E-state index contributed by atoms with van der Waals surface area (Å²) < 4.78 is 0. The molecule has 0 unspecified atom stereocenters. The summed E-state index contributed by atoms with van der Waals surface area (Å²) in [5.74, 6) is -2.75. The molecule has 146 valence electrons. The van der Waals surface area contributed by atoms with Gasteiger partial charge in [-0.05, 0) is 12.8 Å². The van der Waals surface area contributed by atoms with E-state index in [-0.39, 0.29) is 12.2 Å². The van der Waals surface area contributed by atoms with Gasteiger partial charge >= 0.3 is 11.9 Å². The number of carboxylic acid groups (broad SMARTS) is 2. The Morgan fingerprint density at radius 2 is 1.52 bits per heavy atom. The van der Waals surface area contributed by atoms with E-state index in [1.54, 1.807) is 0 Å². The molecule has 25 heavy (non-hydrogen) atoms. The number of carbonyl (C=O) groups excluding carboxylic acids is 1. The summed E-state index contributed by atoms with van der Waals surface area (Å²) in [6, 6.07) is -0.820. The Hall–Kier alpha value is -2.32. The first kappa shape index (κ1) is 24.9. The van der Waals surface area contributed by atoms with Crippen molar-refractivity contribution in [1.82, 2.24) is 0 Å². The molecular formula is C12H24N4O9. The van der Waals surface area contributed by atoms with Gasteiger partial charge in [0.25, 0.3) is 0 Å². The van der Waals surface area contributed by atoms with E-state index in [1.165, 1.54) is 0 Å². The van der Waals surface area contributed by atoms with Gasteiger partial charge in [-0.2, -0.15) is 0 Å². The fourth-order valence-electron chi connectivity index (χ4n) is 1.26. The number of aldehydes is 1. The van der Waals surface area contributed by atoms with Crippen molar-refractivity contribution in [1.29, 1.82) is 0 Å². The minimum absolute atomic E-state index is 0.0129. The summed E-state index contributed by atoms with van der Waals surface area (Å²) in [6.07, 6.45) is -7.44. The van der Waals surface area contributed by atoms with Crippen LogP contribution in [-0.4, -0.2) is 91.8 Å². The number of nitrogens with two attached hydrogens (primary N) is 3. The van der Waals surface area contributed by atoms with Gasteiger partial charge in [0.05, 0.1) is 0 Å². The molecule has 0 amide bonds. The molecule has 0 aromatic rings. The molecule has 0 aliphatic carbocycles. The fourth-order valence-corrected chi connectivity index (χ4v) is 1.26. The maximum atomic E-state index is 10.2. The van der Waals surface area contributed by atoms with Crippen molar-refractivity contribution in [2.75, 3.05) is 6.54 Å². The summed E-state index contributed by atoms with van der Waals surface area (Å²) in [5, 5.41) is 51.6. The Labute approximate surface area is 142 Å². The number of nitrogens with zero attached hydrogens (tertiary/aromatic N) is 1.